The van der Waals surface area contributed by atoms with Crippen molar-refractivity contribution in [2.75, 3.05) is 38.5 Å². The number of aromatic nitrogens is 3. The molecule has 0 bridgehead atoms. The molecular formula is C21H28N6O. The monoisotopic (exact) mass is 380 g/mol. The van der Waals surface area contributed by atoms with Crippen LogP contribution in [0.3, 0.4) is 0 Å². The number of amides is 1. The van der Waals surface area contributed by atoms with Crippen LogP contribution in [0.1, 0.15) is 43.9 Å². The Balaban J connectivity index is 1.73. The molecule has 1 N–H and O–H groups in total. The quantitative estimate of drug-likeness (QED) is 0.886. The van der Waals surface area contributed by atoms with Crippen LogP contribution in [0.15, 0.2) is 41.9 Å². The summed E-state index contributed by atoms with van der Waals surface area (Å²) < 4.78 is 1.82. The number of rotatable bonds is 3. The van der Waals surface area contributed by atoms with Gasteiger partial charge in [0.25, 0.3) is 5.91 Å². The Bertz CT molecular complexity index is 890. The van der Waals surface area contributed by atoms with Crippen molar-refractivity contribution in [3.63, 3.8) is 0 Å². The zero-order chi connectivity index (χ0) is 19.8. The maximum Gasteiger partial charge on any atom is 0.254 e. The van der Waals surface area contributed by atoms with Crippen LogP contribution < -0.4 is 5.32 Å². The highest BCUT2D eigenvalue weighted by Gasteiger charge is 2.36. The summed E-state index contributed by atoms with van der Waals surface area (Å²) >= 11 is 0. The summed E-state index contributed by atoms with van der Waals surface area (Å²) in [5.74, 6) is 1.22. The number of nitrogens with zero attached hydrogens (tertiary/aromatic N) is 5. The molecule has 0 aliphatic carbocycles. The molecule has 1 fully saturated rings. The number of carbonyl (C=O) groups is 1. The second-order valence-corrected chi connectivity index (χ2v) is 8.01. The van der Waals surface area contributed by atoms with Gasteiger partial charge in [-0.3, -0.25) is 4.79 Å². The second-order valence-electron chi connectivity index (χ2n) is 8.01. The highest BCUT2D eigenvalue weighted by atomic mass is 16.2. The Kier molecular flexibility index (Phi) is 4.93. The van der Waals surface area contributed by atoms with Crippen LogP contribution in [0.4, 0.5) is 5.95 Å². The maximum absolute atomic E-state index is 13.5. The standard InChI is InChI=1S/C21H28N6O/c1-14(2)16-5-7-17(8-6-16)19-18(15(3)24-21-22-13-23-27(19)21)20(28)26-11-9-25(4)10-12-26/h5-8,13-14,19H,9-12H2,1-4H3,(H,22,23,24). The van der Waals surface area contributed by atoms with E-state index in [1.807, 2.05) is 16.5 Å². The van der Waals surface area contributed by atoms with Crippen LogP contribution in [-0.2, 0) is 4.79 Å². The van der Waals surface area contributed by atoms with E-state index >= 15 is 0 Å². The van der Waals surface area contributed by atoms with E-state index in [0.717, 1.165) is 43.0 Å². The van der Waals surface area contributed by atoms with Gasteiger partial charge in [-0.25, -0.2) is 4.68 Å². The highest BCUT2D eigenvalue weighted by molar-refractivity contribution is 5.96. The van der Waals surface area contributed by atoms with Crippen molar-refractivity contribution >= 4 is 11.9 Å². The van der Waals surface area contributed by atoms with Crippen molar-refractivity contribution in [2.24, 2.45) is 0 Å². The van der Waals surface area contributed by atoms with Crippen molar-refractivity contribution in [3.05, 3.63) is 53.0 Å². The lowest BCUT2D eigenvalue weighted by molar-refractivity contribution is -0.129. The summed E-state index contributed by atoms with van der Waals surface area (Å²) in [4.78, 5) is 22.0. The number of carbonyl (C=O) groups excluding carboxylic acids is 1. The molecule has 2 aliphatic heterocycles. The highest BCUT2D eigenvalue weighted by Crippen LogP contribution is 2.36. The molecule has 148 valence electrons. The van der Waals surface area contributed by atoms with Gasteiger partial charge in [-0.1, -0.05) is 38.1 Å². The number of allylic oxidation sites excluding steroid dienone is 1. The van der Waals surface area contributed by atoms with Gasteiger partial charge in [0.1, 0.15) is 12.4 Å². The lowest BCUT2D eigenvalue weighted by atomic mass is 9.92. The van der Waals surface area contributed by atoms with Gasteiger partial charge in [0.2, 0.25) is 5.95 Å². The fourth-order valence-corrected chi connectivity index (χ4v) is 3.92. The summed E-state index contributed by atoms with van der Waals surface area (Å²) in [7, 11) is 2.09. The lowest BCUT2D eigenvalue weighted by Gasteiger charge is -2.36. The summed E-state index contributed by atoms with van der Waals surface area (Å²) in [5, 5.41) is 7.69. The molecule has 1 unspecified atom stereocenters. The third-order valence-electron chi connectivity index (χ3n) is 5.73. The molecule has 1 saturated heterocycles. The number of likely N-dealkylation sites (N-methyl/N-ethyl adjacent to an activating group) is 1. The van der Waals surface area contributed by atoms with Gasteiger partial charge < -0.3 is 15.1 Å². The number of benzene rings is 1. The topological polar surface area (TPSA) is 66.3 Å². The van der Waals surface area contributed by atoms with Crippen LogP contribution >= 0.6 is 0 Å². The van der Waals surface area contributed by atoms with Crippen molar-refractivity contribution in [1.82, 2.24) is 24.6 Å². The summed E-state index contributed by atoms with van der Waals surface area (Å²) in [6.45, 7) is 9.60. The molecule has 28 heavy (non-hydrogen) atoms. The molecule has 0 spiro atoms. The van der Waals surface area contributed by atoms with E-state index in [1.54, 1.807) is 0 Å². The number of hydrogen-bond donors (Lipinski definition) is 1. The average Bonchev–Trinajstić information content (AvgIpc) is 3.15. The van der Waals surface area contributed by atoms with E-state index in [-0.39, 0.29) is 11.9 Å². The average molecular weight is 380 g/mol. The zero-order valence-electron chi connectivity index (χ0n) is 17.0. The van der Waals surface area contributed by atoms with Crippen LogP contribution in [-0.4, -0.2) is 63.7 Å². The first-order valence-electron chi connectivity index (χ1n) is 9.90. The van der Waals surface area contributed by atoms with Crippen LogP contribution in [0.2, 0.25) is 0 Å². The summed E-state index contributed by atoms with van der Waals surface area (Å²) in [5.41, 5.74) is 3.93. The molecular weight excluding hydrogens is 352 g/mol. The zero-order valence-corrected chi connectivity index (χ0v) is 17.0. The molecule has 0 radical (unpaired) electrons. The fraction of sp³-hybridized carbons (Fsp3) is 0.476. The molecule has 2 aromatic rings. The van der Waals surface area contributed by atoms with Gasteiger partial charge in [0.05, 0.1) is 5.57 Å². The SMILES string of the molecule is CC1=C(C(=O)N2CCN(C)CC2)C(c2ccc(C(C)C)cc2)n2ncnc2N1. The van der Waals surface area contributed by atoms with Crippen LogP contribution in [0, 0.1) is 0 Å². The molecule has 1 amide bonds. The largest absolute Gasteiger partial charge is 0.336 e. The molecule has 0 saturated carbocycles. The maximum atomic E-state index is 13.5. The first-order valence-corrected chi connectivity index (χ1v) is 9.90. The van der Waals surface area contributed by atoms with E-state index in [2.05, 4.69) is 65.5 Å². The number of fused-ring (bicyclic) bond motifs is 1. The molecule has 2 aliphatic rings. The van der Waals surface area contributed by atoms with Gasteiger partial charge in [-0.05, 0) is 31.0 Å². The van der Waals surface area contributed by atoms with Crippen LogP contribution in [0.25, 0.3) is 0 Å². The molecule has 1 atom stereocenters. The smallest absolute Gasteiger partial charge is 0.254 e. The molecule has 4 rings (SSSR count). The van der Waals surface area contributed by atoms with Gasteiger partial charge in [-0.2, -0.15) is 10.1 Å². The third-order valence-corrected chi connectivity index (χ3v) is 5.73. The van der Waals surface area contributed by atoms with Gasteiger partial charge >= 0.3 is 0 Å². The van der Waals surface area contributed by atoms with Crippen molar-refractivity contribution in [3.8, 4) is 0 Å². The number of nitrogens with one attached hydrogen (secondary N) is 1. The van der Waals surface area contributed by atoms with Gasteiger partial charge in [0, 0.05) is 31.9 Å². The van der Waals surface area contributed by atoms with Gasteiger partial charge in [0.15, 0.2) is 0 Å². The van der Waals surface area contributed by atoms with Crippen molar-refractivity contribution in [2.45, 2.75) is 32.7 Å². The molecule has 3 heterocycles. The number of anilines is 1. The molecule has 7 nitrogen and oxygen atoms in total. The summed E-state index contributed by atoms with van der Waals surface area (Å²) in [6.07, 6.45) is 1.54. The second kappa shape index (κ2) is 7.39. The van der Waals surface area contributed by atoms with Gasteiger partial charge in [-0.15, -0.1) is 0 Å². The minimum Gasteiger partial charge on any atom is -0.336 e. The van der Waals surface area contributed by atoms with E-state index in [0.29, 0.717) is 11.9 Å². The Morgan fingerprint density at radius 3 is 2.46 bits per heavy atom. The van der Waals surface area contributed by atoms with E-state index < -0.39 is 0 Å². The molecule has 7 heteroatoms. The Labute approximate surface area is 166 Å². The Morgan fingerprint density at radius 1 is 1.14 bits per heavy atom. The molecule has 1 aromatic carbocycles. The Hall–Kier alpha value is -2.67. The predicted octanol–water partition coefficient (Wildman–Crippen LogP) is 2.46. The van der Waals surface area contributed by atoms with E-state index in [4.69, 9.17) is 0 Å². The first-order chi connectivity index (χ1) is 13.5. The number of piperazine rings is 1. The van der Waals surface area contributed by atoms with E-state index in [1.165, 1.54) is 11.9 Å². The third kappa shape index (κ3) is 3.30. The summed E-state index contributed by atoms with van der Waals surface area (Å²) in [6, 6.07) is 8.24. The predicted molar refractivity (Wildman–Crippen MR) is 109 cm³/mol. The normalized spacial score (nSPS) is 20.3. The van der Waals surface area contributed by atoms with Crippen molar-refractivity contribution in [1.29, 1.82) is 0 Å². The molecule has 1 aromatic heterocycles. The Morgan fingerprint density at radius 2 is 1.82 bits per heavy atom. The van der Waals surface area contributed by atoms with Crippen LogP contribution in [0.5, 0.6) is 0 Å². The van der Waals surface area contributed by atoms with E-state index in [9.17, 15) is 4.79 Å². The minimum absolute atomic E-state index is 0.0807. The lowest BCUT2D eigenvalue weighted by Crippen LogP contribution is -2.49. The van der Waals surface area contributed by atoms with Crippen molar-refractivity contribution < 1.29 is 4.79 Å². The minimum atomic E-state index is -0.271. The number of hydrogen-bond acceptors (Lipinski definition) is 5. The fourth-order valence-electron chi connectivity index (χ4n) is 3.92. The first kappa shape index (κ1) is 18.7.